The predicted octanol–water partition coefficient (Wildman–Crippen LogP) is 3.19. The largest absolute Gasteiger partial charge is 0.459 e. The van der Waals surface area contributed by atoms with Crippen molar-refractivity contribution in [2.75, 3.05) is 13.2 Å². The average molecular weight is 317 g/mol. The van der Waals surface area contributed by atoms with Gasteiger partial charge in [-0.05, 0) is 38.8 Å². The molecule has 1 aliphatic heterocycles. The first-order valence-electron chi connectivity index (χ1n) is 8.15. The molecule has 1 fully saturated rings. The van der Waals surface area contributed by atoms with Crippen LogP contribution in [0.1, 0.15) is 38.5 Å². The lowest BCUT2D eigenvalue weighted by atomic mass is 10.2. The van der Waals surface area contributed by atoms with Crippen LogP contribution in [0.5, 0.6) is 0 Å². The van der Waals surface area contributed by atoms with E-state index < -0.39 is 6.10 Å². The van der Waals surface area contributed by atoms with Gasteiger partial charge in [-0.1, -0.05) is 18.2 Å². The number of furan rings is 1. The Morgan fingerprint density at radius 3 is 2.96 bits per heavy atom. The highest BCUT2D eigenvalue weighted by Gasteiger charge is 2.22. The molecule has 5 nitrogen and oxygen atoms in total. The quantitative estimate of drug-likeness (QED) is 0.889. The molecule has 5 heteroatoms. The maximum Gasteiger partial charge on any atom is 0.249 e. The van der Waals surface area contributed by atoms with Gasteiger partial charge in [0.2, 0.25) is 5.91 Å². The molecule has 1 aromatic heterocycles. The Labute approximate surface area is 135 Å². The van der Waals surface area contributed by atoms with Crippen molar-refractivity contribution in [2.45, 2.75) is 44.9 Å². The number of para-hydroxylation sites is 1. The van der Waals surface area contributed by atoms with Crippen LogP contribution in [0.4, 0.5) is 0 Å². The molecule has 1 saturated heterocycles. The van der Waals surface area contributed by atoms with Crippen LogP contribution in [0.2, 0.25) is 0 Å². The zero-order valence-corrected chi connectivity index (χ0v) is 13.6. The highest BCUT2D eigenvalue weighted by molar-refractivity contribution is 5.81. The Hall–Kier alpha value is -1.85. The van der Waals surface area contributed by atoms with Crippen molar-refractivity contribution < 1.29 is 18.7 Å². The fraction of sp³-hybridized carbons (Fsp3) is 0.500. The van der Waals surface area contributed by atoms with Crippen molar-refractivity contribution in [3.05, 3.63) is 36.1 Å². The molecular weight excluding hydrogens is 294 g/mol. The summed E-state index contributed by atoms with van der Waals surface area (Å²) in [6.45, 7) is 4.92. The number of nitrogens with one attached hydrogen (secondary N) is 1. The van der Waals surface area contributed by atoms with Crippen LogP contribution in [-0.4, -0.2) is 31.3 Å². The molecule has 3 unspecified atom stereocenters. The maximum atomic E-state index is 12.2. The van der Waals surface area contributed by atoms with Gasteiger partial charge in [-0.15, -0.1) is 0 Å². The van der Waals surface area contributed by atoms with E-state index in [1.807, 2.05) is 37.3 Å². The van der Waals surface area contributed by atoms with E-state index in [4.69, 9.17) is 13.9 Å². The van der Waals surface area contributed by atoms with Crippen LogP contribution in [0, 0.1) is 0 Å². The third-order valence-corrected chi connectivity index (χ3v) is 4.16. The fourth-order valence-electron chi connectivity index (χ4n) is 2.72. The lowest BCUT2D eigenvalue weighted by molar-refractivity contribution is -0.134. The molecule has 3 atom stereocenters. The van der Waals surface area contributed by atoms with E-state index in [1.165, 1.54) is 0 Å². The van der Waals surface area contributed by atoms with Crippen LogP contribution in [0.25, 0.3) is 11.0 Å². The highest BCUT2D eigenvalue weighted by atomic mass is 16.5. The molecule has 1 aliphatic rings. The van der Waals surface area contributed by atoms with Crippen LogP contribution >= 0.6 is 0 Å². The standard InChI is InChI=1S/C18H23NO4/c1-12(17-10-14-6-3-4-8-16(14)23-17)19-18(20)13(2)22-11-15-7-5-9-21-15/h3-4,6,8,10,12-13,15H,5,7,9,11H2,1-2H3,(H,19,20). The van der Waals surface area contributed by atoms with Crippen molar-refractivity contribution in [1.29, 1.82) is 0 Å². The minimum absolute atomic E-state index is 0.123. The van der Waals surface area contributed by atoms with Gasteiger partial charge < -0.3 is 19.2 Å². The molecule has 124 valence electrons. The molecule has 3 rings (SSSR count). The Morgan fingerprint density at radius 2 is 2.22 bits per heavy atom. The van der Waals surface area contributed by atoms with Gasteiger partial charge >= 0.3 is 0 Å². The van der Waals surface area contributed by atoms with E-state index >= 15 is 0 Å². The van der Waals surface area contributed by atoms with Gasteiger partial charge in [0.05, 0.1) is 18.8 Å². The molecular formula is C18H23NO4. The Morgan fingerprint density at radius 1 is 1.39 bits per heavy atom. The van der Waals surface area contributed by atoms with E-state index in [0.717, 1.165) is 36.2 Å². The summed E-state index contributed by atoms with van der Waals surface area (Å²) in [5.74, 6) is 0.599. The Bertz CT molecular complexity index is 627. The van der Waals surface area contributed by atoms with Gasteiger partial charge in [-0.25, -0.2) is 0 Å². The molecule has 23 heavy (non-hydrogen) atoms. The number of hydrogen-bond donors (Lipinski definition) is 1. The van der Waals surface area contributed by atoms with Crippen molar-refractivity contribution in [3.63, 3.8) is 0 Å². The SMILES string of the molecule is CC(OCC1CCCO1)C(=O)NC(C)c1cc2ccccc2o1. The monoisotopic (exact) mass is 317 g/mol. The number of benzene rings is 1. The van der Waals surface area contributed by atoms with Crippen molar-refractivity contribution in [2.24, 2.45) is 0 Å². The zero-order valence-electron chi connectivity index (χ0n) is 13.6. The Kier molecular flexibility index (Phi) is 4.98. The summed E-state index contributed by atoms with van der Waals surface area (Å²) in [6.07, 6.45) is 1.69. The number of rotatable bonds is 6. The van der Waals surface area contributed by atoms with Crippen LogP contribution in [0.15, 0.2) is 34.7 Å². The van der Waals surface area contributed by atoms with Crippen LogP contribution < -0.4 is 5.32 Å². The second-order valence-electron chi connectivity index (χ2n) is 6.03. The Balaban J connectivity index is 1.53. The third kappa shape index (κ3) is 3.92. The summed E-state index contributed by atoms with van der Waals surface area (Å²) in [5, 5.41) is 3.97. The molecule has 1 N–H and O–H groups in total. The normalized spacial score (nSPS) is 20.5. The van der Waals surface area contributed by atoms with E-state index in [0.29, 0.717) is 6.61 Å². The number of hydrogen-bond acceptors (Lipinski definition) is 4. The minimum Gasteiger partial charge on any atom is -0.459 e. The molecule has 1 aromatic carbocycles. The smallest absolute Gasteiger partial charge is 0.249 e. The molecule has 0 radical (unpaired) electrons. The number of fused-ring (bicyclic) bond motifs is 1. The minimum atomic E-state index is -0.508. The summed E-state index contributed by atoms with van der Waals surface area (Å²) in [5.41, 5.74) is 0.825. The summed E-state index contributed by atoms with van der Waals surface area (Å²) in [4.78, 5) is 12.2. The van der Waals surface area contributed by atoms with E-state index in [2.05, 4.69) is 5.32 Å². The second-order valence-corrected chi connectivity index (χ2v) is 6.03. The third-order valence-electron chi connectivity index (χ3n) is 4.16. The van der Waals surface area contributed by atoms with Gasteiger partial charge in [0.1, 0.15) is 17.4 Å². The molecule has 0 aliphatic carbocycles. The summed E-state index contributed by atoms with van der Waals surface area (Å²) in [6, 6.07) is 9.55. The number of ether oxygens (including phenoxy) is 2. The van der Waals surface area contributed by atoms with Crippen molar-refractivity contribution in [1.82, 2.24) is 5.32 Å². The van der Waals surface area contributed by atoms with E-state index in [9.17, 15) is 4.79 Å². The first-order chi connectivity index (χ1) is 11.1. The molecule has 2 aromatic rings. The van der Waals surface area contributed by atoms with Gasteiger partial charge in [-0.3, -0.25) is 4.79 Å². The van der Waals surface area contributed by atoms with Gasteiger partial charge in [0, 0.05) is 12.0 Å². The van der Waals surface area contributed by atoms with E-state index in [-0.39, 0.29) is 18.1 Å². The molecule has 0 bridgehead atoms. The van der Waals surface area contributed by atoms with Crippen molar-refractivity contribution >= 4 is 16.9 Å². The summed E-state index contributed by atoms with van der Waals surface area (Å²) < 4.78 is 16.9. The lowest BCUT2D eigenvalue weighted by Gasteiger charge is -2.18. The maximum absolute atomic E-state index is 12.2. The number of carbonyl (C=O) groups is 1. The fourth-order valence-corrected chi connectivity index (χ4v) is 2.72. The molecule has 2 heterocycles. The second kappa shape index (κ2) is 7.15. The van der Waals surface area contributed by atoms with Crippen molar-refractivity contribution in [3.8, 4) is 0 Å². The summed E-state index contributed by atoms with van der Waals surface area (Å²) >= 11 is 0. The lowest BCUT2D eigenvalue weighted by Crippen LogP contribution is -2.37. The predicted molar refractivity (Wildman–Crippen MR) is 87.2 cm³/mol. The van der Waals surface area contributed by atoms with Crippen LogP contribution in [-0.2, 0) is 14.3 Å². The van der Waals surface area contributed by atoms with Gasteiger partial charge in [0.15, 0.2) is 0 Å². The zero-order chi connectivity index (χ0) is 16.2. The highest BCUT2D eigenvalue weighted by Crippen LogP contribution is 2.23. The topological polar surface area (TPSA) is 60.7 Å². The van der Waals surface area contributed by atoms with Crippen LogP contribution in [0.3, 0.4) is 0 Å². The summed E-state index contributed by atoms with van der Waals surface area (Å²) in [7, 11) is 0. The van der Waals surface area contributed by atoms with E-state index in [1.54, 1.807) is 6.92 Å². The van der Waals surface area contributed by atoms with Gasteiger partial charge in [0.25, 0.3) is 0 Å². The first-order valence-corrected chi connectivity index (χ1v) is 8.15. The first kappa shape index (κ1) is 16.0. The number of carbonyl (C=O) groups excluding carboxylic acids is 1. The average Bonchev–Trinajstić information content (AvgIpc) is 3.21. The van der Waals surface area contributed by atoms with Gasteiger partial charge in [-0.2, -0.15) is 0 Å². The number of amides is 1. The molecule has 0 saturated carbocycles. The molecule has 1 amide bonds. The molecule has 0 spiro atoms.